The first-order valence-electron chi connectivity index (χ1n) is 21.8. The van der Waals surface area contributed by atoms with Gasteiger partial charge in [-0.15, -0.1) is 22.7 Å². The minimum Gasteiger partial charge on any atom is -0.482 e. The van der Waals surface area contributed by atoms with Crippen LogP contribution in [0.25, 0.3) is 54.6 Å². The Morgan fingerprint density at radius 1 is 0.419 bits per heavy atom. The van der Waals surface area contributed by atoms with Crippen LogP contribution in [0, 0.1) is 0 Å². The van der Waals surface area contributed by atoms with E-state index in [1.54, 1.807) is 34.8 Å². The zero-order valence-corrected chi connectivity index (χ0v) is 35.4. The van der Waals surface area contributed by atoms with Gasteiger partial charge in [-0.25, -0.2) is 0 Å². The summed E-state index contributed by atoms with van der Waals surface area (Å²) >= 11 is 3.23. The number of allylic oxidation sites excluding steroid dienone is 2. The van der Waals surface area contributed by atoms with Crippen molar-refractivity contribution in [2.45, 2.75) is 75.4 Å². The van der Waals surface area contributed by atoms with Crippen molar-refractivity contribution < 1.29 is 28.7 Å². The fraction of sp³-hybridized carbons (Fsp3) is 0.222. The molecule has 2 saturated carbocycles. The van der Waals surface area contributed by atoms with Gasteiger partial charge in [0.05, 0.1) is 11.1 Å². The molecule has 2 fully saturated rings. The molecule has 4 aliphatic carbocycles. The normalized spacial score (nSPS) is 18.9. The van der Waals surface area contributed by atoms with E-state index in [2.05, 4.69) is 24.3 Å². The molecule has 62 heavy (non-hydrogen) atoms. The third kappa shape index (κ3) is 5.20. The molecular formula is C54H38O6S2. The summed E-state index contributed by atoms with van der Waals surface area (Å²) in [6.45, 7) is 0. The smallest absolute Gasteiger partial charge is 0.197 e. The molecule has 0 atom stereocenters. The Hall–Kier alpha value is -6.22. The molecule has 302 valence electrons. The van der Waals surface area contributed by atoms with Gasteiger partial charge in [0.25, 0.3) is 0 Å². The number of carbonyl (C=O) groups excluding carboxylic acids is 4. The third-order valence-corrected chi connectivity index (χ3v) is 16.5. The molecule has 2 spiro atoms. The average Bonchev–Trinajstić information content (AvgIpc) is 4.04. The SMILES string of the molecule is O=C1C(=Cc2cc3c(s2)-c2cc4c(cc2OC32CCCCC2)-c2sc(C=C3C(=O)c5cc6ccccc6cc5C3=O)cc2C2(CCCCC2)O4)C(=O)c2cc3ccccc3cc21. The molecule has 8 heteroatoms. The Morgan fingerprint density at radius 2 is 0.758 bits per heavy atom. The molecule has 0 bridgehead atoms. The van der Waals surface area contributed by atoms with Gasteiger partial charge in [-0.1, -0.05) is 61.4 Å². The van der Waals surface area contributed by atoms with Crippen LogP contribution in [0.2, 0.25) is 0 Å². The summed E-state index contributed by atoms with van der Waals surface area (Å²) in [4.78, 5) is 59.4. The van der Waals surface area contributed by atoms with Crippen molar-refractivity contribution in [1.29, 1.82) is 0 Å². The minimum atomic E-state index is -0.524. The summed E-state index contributed by atoms with van der Waals surface area (Å²) < 4.78 is 14.5. The molecule has 2 aromatic heterocycles. The molecular weight excluding hydrogens is 809 g/mol. The summed E-state index contributed by atoms with van der Waals surface area (Å²) in [6.07, 6.45) is 13.6. The lowest BCUT2D eigenvalue weighted by Gasteiger charge is -2.44. The van der Waals surface area contributed by atoms with Crippen molar-refractivity contribution in [3.63, 3.8) is 0 Å². The van der Waals surface area contributed by atoms with E-state index in [4.69, 9.17) is 9.47 Å². The first kappa shape index (κ1) is 36.4. The maximum absolute atomic E-state index is 13.9. The number of carbonyl (C=O) groups is 4. The van der Waals surface area contributed by atoms with Crippen LogP contribution in [0.5, 0.6) is 11.5 Å². The number of fused-ring (bicyclic) bond motifs is 12. The van der Waals surface area contributed by atoms with Crippen LogP contribution in [0.15, 0.2) is 108 Å². The second-order valence-electron chi connectivity index (χ2n) is 17.9. The Balaban J connectivity index is 0.923. The Bertz CT molecular complexity index is 2950. The lowest BCUT2D eigenvalue weighted by molar-refractivity contribution is 0.0203. The van der Waals surface area contributed by atoms with E-state index in [1.165, 1.54) is 0 Å². The number of Topliss-reactive ketones (excluding diaryl/α,β-unsaturated/α-hetero) is 4. The molecule has 0 saturated heterocycles. The van der Waals surface area contributed by atoms with Crippen molar-refractivity contribution in [3.05, 3.63) is 151 Å². The zero-order chi connectivity index (χ0) is 41.5. The van der Waals surface area contributed by atoms with Gasteiger partial charge in [0.15, 0.2) is 23.1 Å². The second-order valence-corrected chi connectivity index (χ2v) is 20.0. The quantitative estimate of drug-likeness (QED) is 0.127. The monoisotopic (exact) mass is 846 g/mol. The molecule has 6 nitrogen and oxygen atoms in total. The van der Waals surface area contributed by atoms with Crippen LogP contribution < -0.4 is 9.47 Å². The van der Waals surface area contributed by atoms with Gasteiger partial charge in [0, 0.05) is 64.0 Å². The van der Waals surface area contributed by atoms with Crippen LogP contribution in [-0.4, -0.2) is 23.1 Å². The maximum Gasteiger partial charge on any atom is 0.197 e. The van der Waals surface area contributed by atoms with E-state index in [1.807, 2.05) is 72.8 Å². The van der Waals surface area contributed by atoms with Gasteiger partial charge in [-0.3, -0.25) is 19.2 Å². The highest BCUT2D eigenvalue weighted by atomic mass is 32.1. The predicted molar refractivity (Wildman–Crippen MR) is 245 cm³/mol. The van der Waals surface area contributed by atoms with Gasteiger partial charge in [-0.05, 0) is 134 Å². The molecule has 4 heterocycles. The lowest BCUT2D eigenvalue weighted by atomic mass is 9.76. The van der Waals surface area contributed by atoms with Crippen LogP contribution in [0.3, 0.4) is 0 Å². The average molecular weight is 847 g/mol. The van der Waals surface area contributed by atoms with E-state index < -0.39 is 11.2 Å². The number of benzene rings is 5. The molecule has 6 aliphatic rings. The molecule has 2 aliphatic heterocycles. The molecule has 0 radical (unpaired) electrons. The van der Waals surface area contributed by atoms with Crippen LogP contribution in [0.1, 0.15) is 127 Å². The molecule has 0 unspecified atom stereocenters. The van der Waals surface area contributed by atoms with Crippen molar-refractivity contribution in [2.75, 3.05) is 0 Å². The summed E-state index contributed by atoms with van der Waals surface area (Å²) in [5, 5.41) is 3.76. The minimum absolute atomic E-state index is 0.204. The first-order valence-corrected chi connectivity index (χ1v) is 23.4. The third-order valence-electron chi connectivity index (χ3n) is 14.3. The van der Waals surface area contributed by atoms with Gasteiger partial charge in [0.1, 0.15) is 22.7 Å². The lowest BCUT2D eigenvalue weighted by Crippen LogP contribution is -2.38. The van der Waals surface area contributed by atoms with Crippen molar-refractivity contribution in [1.82, 2.24) is 0 Å². The van der Waals surface area contributed by atoms with E-state index >= 15 is 0 Å². The van der Waals surface area contributed by atoms with Crippen molar-refractivity contribution in [3.8, 4) is 32.4 Å². The molecule has 0 amide bonds. The van der Waals surface area contributed by atoms with E-state index in [0.29, 0.717) is 22.3 Å². The molecule has 0 N–H and O–H groups in total. The van der Waals surface area contributed by atoms with Gasteiger partial charge >= 0.3 is 0 Å². The molecule has 7 aromatic rings. The number of thiophene rings is 2. The standard InChI is InChI=1S/C54H38O6S2/c55-47-35-19-29-11-3-4-12-30(29)20-36(35)48(56)41(47)23-33-25-43-51(61-33)39-28-46-40(27-45(39)59-53(43)15-7-1-8-16-53)52-44(54(60-46)17-9-2-10-18-54)26-34(62-52)24-42-49(57)37-21-31-13-5-6-14-32(31)22-38(37)50(42)58/h3-6,11-14,19-28H,1-2,7-10,15-18H2. The van der Waals surface area contributed by atoms with E-state index in [-0.39, 0.29) is 34.3 Å². The first-order chi connectivity index (χ1) is 30.3. The topological polar surface area (TPSA) is 86.7 Å². The zero-order valence-electron chi connectivity index (χ0n) is 33.7. The predicted octanol–water partition coefficient (Wildman–Crippen LogP) is 13.5. The summed E-state index contributed by atoms with van der Waals surface area (Å²) in [7, 11) is 0. The largest absolute Gasteiger partial charge is 0.482 e. The van der Waals surface area contributed by atoms with Gasteiger partial charge in [0.2, 0.25) is 0 Å². The fourth-order valence-electron chi connectivity index (χ4n) is 11.2. The second kappa shape index (κ2) is 13.1. The van der Waals surface area contributed by atoms with Gasteiger partial charge < -0.3 is 9.47 Å². The number of hydrogen-bond acceptors (Lipinski definition) is 8. The van der Waals surface area contributed by atoms with E-state index in [9.17, 15) is 19.2 Å². The fourth-order valence-corrected chi connectivity index (χ4v) is 13.6. The van der Waals surface area contributed by atoms with Gasteiger partial charge in [-0.2, -0.15) is 0 Å². The summed E-state index contributed by atoms with van der Waals surface area (Å²) in [5.74, 6) is 0.691. The highest BCUT2D eigenvalue weighted by Crippen LogP contribution is 2.60. The number of ketones is 4. The number of hydrogen-bond donors (Lipinski definition) is 0. The van der Waals surface area contributed by atoms with E-state index in [0.717, 1.165) is 139 Å². The summed E-state index contributed by atoms with van der Waals surface area (Å²) in [5.41, 5.74) is 5.38. The molecule has 5 aromatic carbocycles. The Labute approximate surface area is 365 Å². The Morgan fingerprint density at radius 3 is 1.10 bits per heavy atom. The Kier molecular flexibility index (Phi) is 7.73. The van der Waals surface area contributed by atoms with Crippen LogP contribution in [0.4, 0.5) is 0 Å². The van der Waals surface area contributed by atoms with Crippen LogP contribution in [-0.2, 0) is 11.2 Å². The number of rotatable bonds is 2. The van der Waals surface area contributed by atoms with Crippen LogP contribution >= 0.6 is 22.7 Å². The summed E-state index contributed by atoms with van der Waals surface area (Å²) in [6, 6.07) is 31.7. The maximum atomic E-state index is 13.9. The van der Waals surface area contributed by atoms with Crippen molar-refractivity contribution >= 4 is 79.5 Å². The number of ether oxygens (including phenoxy) is 2. The highest BCUT2D eigenvalue weighted by Gasteiger charge is 2.47. The highest BCUT2D eigenvalue weighted by molar-refractivity contribution is 7.17. The van der Waals surface area contributed by atoms with Crippen molar-refractivity contribution in [2.24, 2.45) is 0 Å². The molecule has 13 rings (SSSR count).